The zero-order valence-electron chi connectivity index (χ0n) is 12.0. The van der Waals surface area contributed by atoms with Crippen LogP contribution in [-0.4, -0.2) is 39.0 Å². The van der Waals surface area contributed by atoms with Crippen molar-refractivity contribution in [3.63, 3.8) is 0 Å². The first-order valence-corrected chi connectivity index (χ1v) is 6.45. The van der Waals surface area contributed by atoms with Crippen LogP contribution in [0.4, 0.5) is 13.2 Å². The van der Waals surface area contributed by atoms with Crippen LogP contribution in [0.25, 0.3) is 0 Å². The number of nitrogens with one attached hydrogen (secondary N) is 1. The van der Waals surface area contributed by atoms with Crippen molar-refractivity contribution in [1.29, 1.82) is 0 Å². The molecule has 0 aliphatic carbocycles. The number of methoxy groups -OCH3 is 1. The zero-order valence-corrected chi connectivity index (χ0v) is 12.0. The van der Waals surface area contributed by atoms with Gasteiger partial charge in [-0.15, -0.1) is 0 Å². The number of halogens is 3. The number of carbonyl (C=O) groups is 1. The van der Waals surface area contributed by atoms with Gasteiger partial charge < -0.3 is 14.8 Å². The second kappa shape index (κ2) is 8.95. The van der Waals surface area contributed by atoms with Gasteiger partial charge in [0.15, 0.2) is 0 Å². The highest BCUT2D eigenvalue weighted by molar-refractivity contribution is 5.81. The minimum absolute atomic E-state index is 0.0549. The van der Waals surface area contributed by atoms with Crippen LogP contribution in [0.5, 0.6) is 5.75 Å². The van der Waals surface area contributed by atoms with Gasteiger partial charge in [0.2, 0.25) is 0 Å². The monoisotopic (exact) mass is 315 g/mol. The molecule has 0 bridgehead atoms. The molecule has 0 heterocycles. The smallest absolute Gasteiger partial charge is 0.471 e. The Hall–Kier alpha value is -2.20. The van der Waals surface area contributed by atoms with E-state index in [9.17, 15) is 18.0 Å². The molecule has 4 nitrogen and oxygen atoms in total. The third kappa shape index (κ3) is 6.99. The van der Waals surface area contributed by atoms with Gasteiger partial charge in [-0.1, -0.05) is 24.0 Å². The van der Waals surface area contributed by atoms with E-state index in [-0.39, 0.29) is 13.2 Å². The molecule has 0 aliphatic heterocycles. The molecule has 1 aromatic rings. The van der Waals surface area contributed by atoms with Crippen LogP contribution in [0.3, 0.4) is 0 Å². The van der Waals surface area contributed by atoms with E-state index in [0.29, 0.717) is 18.8 Å². The van der Waals surface area contributed by atoms with Crippen LogP contribution >= 0.6 is 0 Å². The molecule has 0 aliphatic rings. The molecule has 0 radical (unpaired) electrons. The van der Waals surface area contributed by atoms with Gasteiger partial charge in [0.25, 0.3) is 0 Å². The van der Waals surface area contributed by atoms with E-state index in [1.165, 1.54) is 0 Å². The molecule has 0 spiro atoms. The highest BCUT2D eigenvalue weighted by atomic mass is 19.4. The van der Waals surface area contributed by atoms with Gasteiger partial charge in [-0.05, 0) is 17.7 Å². The Labute approximate surface area is 126 Å². The first-order chi connectivity index (χ1) is 10.4. The summed E-state index contributed by atoms with van der Waals surface area (Å²) in [6.45, 7) is 0.0753. The Morgan fingerprint density at radius 3 is 2.77 bits per heavy atom. The number of benzene rings is 1. The third-order valence-electron chi connectivity index (χ3n) is 2.45. The maximum absolute atomic E-state index is 12.0. The molecule has 1 rings (SSSR count). The SMILES string of the molecule is COCC#CCc1cccc(OCCNC(=O)C(F)(F)F)c1. The summed E-state index contributed by atoms with van der Waals surface area (Å²) in [5, 5.41) is 1.73. The van der Waals surface area contributed by atoms with E-state index >= 15 is 0 Å². The first-order valence-electron chi connectivity index (χ1n) is 6.45. The lowest BCUT2D eigenvalue weighted by molar-refractivity contribution is -0.173. The Bertz CT molecular complexity index is 547. The first kappa shape index (κ1) is 17.9. The normalized spacial score (nSPS) is 10.5. The van der Waals surface area contributed by atoms with Crippen LogP contribution in [-0.2, 0) is 16.0 Å². The van der Waals surface area contributed by atoms with Crippen molar-refractivity contribution in [3.05, 3.63) is 29.8 Å². The molecule has 0 fully saturated rings. The highest BCUT2D eigenvalue weighted by Crippen LogP contribution is 2.15. The molecular formula is C15H16F3NO3. The van der Waals surface area contributed by atoms with Crippen molar-refractivity contribution < 1.29 is 27.4 Å². The maximum atomic E-state index is 12.0. The Morgan fingerprint density at radius 2 is 2.09 bits per heavy atom. The summed E-state index contributed by atoms with van der Waals surface area (Å²) in [6.07, 6.45) is -4.36. The van der Waals surface area contributed by atoms with Crippen molar-refractivity contribution in [1.82, 2.24) is 5.32 Å². The molecule has 7 heteroatoms. The van der Waals surface area contributed by atoms with E-state index in [0.717, 1.165) is 5.56 Å². The topological polar surface area (TPSA) is 47.6 Å². The lowest BCUT2D eigenvalue weighted by atomic mass is 10.1. The van der Waals surface area contributed by atoms with Gasteiger partial charge in [-0.25, -0.2) is 0 Å². The van der Waals surface area contributed by atoms with E-state index in [4.69, 9.17) is 9.47 Å². The number of amides is 1. The number of ether oxygens (including phenoxy) is 2. The lowest BCUT2D eigenvalue weighted by Gasteiger charge is -2.09. The Kier molecular flexibility index (Phi) is 7.26. The lowest BCUT2D eigenvalue weighted by Crippen LogP contribution is -2.38. The predicted molar refractivity (Wildman–Crippen MR) is 74.4 cm³/mol. The fourth-order valence-electron chi connectivity index (χ4n) is 1.47. The summed E-state index contributed by atoms with van der Waals surface area (Å²) < 4.78 is 45.9. The summed E-state index contributed by atoms with van der Waals surface area (Å²) >= 11 is 0. The van der Waals surface area contributed by atoms with Gasteiger partial charge in [0.1, 0.15) is 19.0 Å². The Balaban J connectivity index is 2.38. The van der Waals surface area contributed by atoms with E-state index < -0.39 is 12.1 Å². The Morgan fingerprint density at radius 1 is 1.32 bits per heavy atom. The fourth-order valence-corrected chi connectivity index (χ4v) is 1.47. The summed E-state index contributed by atoms with van der Waals surface area (Å²) in [4.78, 5) is 10.6. The second-order valence-electron chi connectivity index (χ2n) is 4.21. The molecule has 0 aromatic heterocycles. The minimum Gasteiger partial charge on any atom is -0.492 e. The van der Waals surface area contributed by atoms with Gasteiger partial charge in [0.05, 0.1) is 6.54 Å². The molecule has 22 heavy (non-hydrogen) atoms. The van der Waals surface area contributed by atoms with Gasteiger partial charge in [0, 0.05) is 13.5 Å². The van der Waals surface area contributed by atoms with Crippen LogP contribution in [0.1, 0.15) is 5.56 Å². The van der Waals surface area contributed by atoms with Crippen molar-refractivity contribution in [2.24, 2.45) is 0 Å². The van der Waals surface area contributed by atoms with Crippen molar-refractivity contribution in [3.8, 4) is 17.6 Å². The van der Waals surface area contributed by atoms with Crippen LogP contribution in [0.2, 0.25) is 0 Å². The summed E-state index contributed by atoms with van der Waals surface area (Å²) in [5.41, 5.74) is 0.917. The molecule has 120 valence electrons. The molecule has 0 saturated heterocycles. The molecule has 0 saturated carbocycles. The van der Waals surface area contributed by atoms with E-state index in [1.807, 2.05) is 6.07 Å². The van der Waals surface area contributed by atoms with Crippen LogP contribution in [0.15, 0.2) is 24.3 Å². The molecule has 1 aromatic carbocycles. The largest absolute Gasteiger partial charge is 0.492 e. The number of hydrogen-bond acceptors (Lipinski definition) is 3. The quantitative estimate of drug-likeness (QED) is 0.645. The van der Waals surface area contributed by atoms with E-state index in [2.05, 4.69) is 11.8 Å². The highest BCUT2D eigenvalue weighted by Gasteiger charge is 2.38. The summed E-state index contributed by atoms with van der Waals surface area (Å²) in [7, 11) is 1.56. The van der Waals surface area contributed by atoms with E-state index in [1.54, 1.807) is 30.6 Å². The van der Waals surface area contributed by atoms with Gasteiger partial charge in [-0.2, -0.15) is 13.2 Å². The molecule has 1 N–H and O–H groups in total. The summed E-state index contributed by atoms with van der Waals surface area (Å²) in [5.74, 6) is 4.26. The predicted octanol–water partition coefficient (Wildman–Crippen LogP) is 1.94. The molecule has 1 amide bonds. The summed E-state index contributed by atoms with van der Waals surface area (Å²) in [6, 6.07) is 7.04. The molecule has 0 atom stereocenters. The van der Waals surface area contributed by atoms with Crippen molar-refractivity contribution >= 4 is 5.91 Å². The zero-order chi connectivity index (χ0) is 16.4. The number of rotatable bonds is 6. The fraction of sp³-hybridized carbons (Fsp3) is 0.400. The minimum atomic E-state index is -4.87. The average Bonchev–Trinajstić information content (AvgIpc) is 2.47. The third-order valence-corrected chi connectivity index (χ3v) is 2.45. The van der Waals surface area contributed by atoms with Gasteiger partial charge in [-0.3, -0.25) is 4.79 Å². The molecule has 0 unspecified atom stereocenters. The second-order valence-corrected chi connectivity index (χ2v) is 4.21. The van der Waals surface area contributed by atoms with Crippen molar-refractivity contribution in [2.45, 2.75) is 12.6 Å². The molecular weight excluding hydrogens is 299 g/mol. The number of hydrogen-bond donors (Lipinski definition) is 1. The van der Waals surface area contributed by atoms with Crippen LogP contribution < -0.4 is 10.1 Å². The number of carbonyl (C=O) groups excluding carboxylic acids is 1. The maximum Gasteiger partial charge on any atom is 0.471 e. The van der Waals surface area contributed by atoms with Crippen LogP contribution in [0, 0.1) is 11.8 Å². The van der Waals surface area contributed by atoms with Gasteiger partial charge >= 0.3 is 12.1 Å². The van der Waals surface area contributed by atoms with Crippen molar-refractivity contribution in [2.75, 3.05) is 26.9 Å². The standard InChI is InChI=1S/C15H16F3NO3/c1-21-9-3-2-5-12-6-4-7-13(11-12)22-10-8-19-14(20)15(16,17)18/h4,6-7,11H,5,8-10H2,1H3,(H,19,20). The average molecular weight is 315 g/mol. The number of alkyl halides is 3.